The predicted molar refractivity (Wildman–Crippen MR) is 102 cm³/mol. The molecule has 0 atom stereocenters. The van der Waals surface area contributed by atoms with Crippen molar-refractivity contribution in [1.82, 2.24) is 0 Å². The van der Waals surface area contributed by atoms with Gasteiger partial charge in [0.2, 0.25) is 0 Å². The van der Waals surface area contributed by atoms with Crippen LogP contribution >= 0.6 is 0 Å². The summed E-state index contributed by atoms with van der Waals surface area (Å²) < 4.78 is 21.1. The molecule has 0 amide bonds. The highest BCUT2D eigenvalue weighted by molar-refractivity contribution is 5.93. The number of hydrogen-bond donors (Lipinski definition) is 0. The minimum Gasteiger partial charge on any atom is -0.497 e. The van der Waals surface area contributed by atoms with Crippen LogP contribution in [0.2, 0.25) is 0 Å². The minimum atomic E-state index is -0.594. The van der Waals surface area contributed by atoms with Crippen LogP contribution in [0.3, 0.4) is 0 Å². The van der Waals surface area contributed by atoms with Crippen LogP contribution in [0.5, 0.6) is 23.0 Å². The zero-order valence-corrected chi connectivity index (χ0v) is 15.4. The quantitative estimate of drug-likeness (QED) is 0.474. The van der Waals surface area contributed by atoms with E-state index >= 15 is 0 Å². The molecule has 0 saturated heterocycles. The summed E-state index contributed by atoms with van der Waals surface area (Å²) in [6.45, 7) is 0. The van der Waals surface area contributed by atoms with E-state index in [1.54, 1.807) is 72.8 Å². The number of esters is 2. The van der Waals surface area contributed by atoms with Crippen molar-refractivity contribution in [3.63, 3.8) is 0 Å². The zero-order chi connectivity index (χ0) is 19.9. The fourth-order valence-electron chi connectivity index (χ4n) is 2.44. The van der Waals surface area contributed by atoms with Gasteiger partial charge in [-0.1, -0.05) is 24.3 Å². The van der Waals surface area contributed by atoms with Gasteiger partial charge < -0.3 is 18.9 Å². The van der Waals surface area contributed by atoms with E-state index in [0.717, 1.165) is 0 Å². The van der Waals surface area contributed by atoms with Crippen molar-refractivity contribution in [3.8, 4) is 23.0 Å². The highest BCUT2D eigenvalue weighted by Gasteiger charge is 2.16. The average Bonchev–Trinajstić information content (AvgIpc) is 2.75. The summed E-state index contributed by atoms with van der Waals surface area (Å²) in [5.41, 5.74) is 0.626. The summed E-state index contributed by atoms with van der Waals surface area (Å²) in [4.78, 5) is 24.9. The van der Waals surface area contributed by atoms with Gasteiger partial charge in [0, 0.05) is 0 Å². The molecular formula is C22H18O6. The van der Waals surface area contributed by atoms with E-state index in [4.69, 9.17) is 18.9 Å². The standard InChI is InChI=1S/C22H18O6/c1-25-17-9-5-7-15(13-17)21(23)27-19-11-3-4-12-20(19)28-22(24)16-8-6-10-18(14-16)26-2/h3-14H,1-2H3. The summed E-state index contributed by atoms with van der Waals surface area (Å²) in [5, 5.41) is 0. The molecule has 0 aromatic heterocycles. The van der Waals surface area contributed by atoms with Gasteiger partial charge in [0.05, 0.1) is 25.3 Å². The number of rotatable bonds is 6. The molecule has 0 radical (unpaired) electrons. The highest BCUT2D eigenvalue weighted by Crippen LogP contribution is 2.29. The Morgan fingerprint density at radius 3 is 1.43 bits per heavy atom. The van der Waals surface area contributed by atoms with E-state index in [1.807, 2.05) is 0 Å². The molecule has 0 bridgehead atoms. The molecule has 142 valence electrons. The first-order valence-electron chi connectivity index (χ1n) is 8.42. The molecular weight excluding hydrogens is 360 g/mol. The molecule has 0 aliphatic carbocycles. The SMILES string of the molecule is COc1cccc(C(=O)Oc2ccccc2OC(=O)c2cccc(OC)c2)c1. The monoisotopic (exact) mass is 378 g/mol. The zero-order valence-electron chi connectivity index (χ0n) is 15.4. The maximum Gasteiger partial charge on any atom is 0.343 e. The van der Waals surface area contributed by atoms with Crippen molar-refractivity contribution >= 4 is 11.9 Å². The van der Waals surface area contributed by atoms with E-state index < -0.39 is 11.9 Å². The molecule has 0 unspecified atom stereocenters. The van der Waals surface area contributed by atoms with Crippen molar-refractivity contribution in [2.45, 2.75) is 0 Å². The van der Waals surface area contributed by atoms with Crippen LogP contribution in [0.15, 0.2) is 72.8 Å². The Balaban J connectivity index is 1.79. The molecule has 0 spiro atoms. The van der Waals surface area contributed by atoms with Crippen molar-refractivity contribution < 1.29 is 28.5 Å². The lowest BCUT2D eigenvalue weighted by atomic mass is 10.2. The molecule has 0 aliphatic rings. The van der Waals surface area contributed by atoms with Gasteiger partial charge >= 0.3 is 11.9 Å². The van der Waals surface area contributed by atoms with Crippen molar-refractivity contribution in [3.05, 3.63) is 83.9 Å². The molecule has 3 rings (SSSR count). The Morgan fingerprint density at radius 1 is 0.607 bits per heavy atom. The maximum absolute atomic E-state index is 12.4. The second kappa shape index (κ2) is 8.73. The number of carbonyl (C=O) groups is 2. The molecule has 6 nitrogen and oxygen atoms in total. The summed E-state index contributed by atoms with van der Waals surface area (Å²) in [5.74, 6) is 0.144. The van der Waals surface area contributed by atoms with Crippen LogP contribution in [0.25, 0.3) is 0 Å². The highest BCUT2D eigenvalue weighted by atomic mass is 16.6. The lowest BCUT2D eigenvalue weighted by molar-refractivity contribution is 0.0682. The molecule has 0 fully saturated rings. The Kier molecular flexibility index (Phi) is 5.91. The third-order valence-corrected chi connectivity index (χ3v) is 3.87. The summed E-state index contributed by atoms with van der Waals surface area (Å²) in [7, 11) is 3.02. The molecule has 0 saturated carbocycles. The predicted octanol–water partition coefficient (Wildman–Crippen LogP) is 4.14. The van der Waals surface area contributed by atoms with Crippen molar-refractivity contribution in [1.29, 1.82) is 0 Å². The van der Waals surface area contributed by atoms with Gasteiger partial charge in [0.25, 0.3) is 0 Å². The number of methoxy groups -OCH3 is 2. The largest absolute Gasteiger partial charge is 0.497 e. The molecule has 0 aliphatic heterocycles. The first-order chi connectivity index (χ1) is 13.6. The van der Waals surface area contributed by atoms with Crippen LogP contribution in [0.4, 0.5) is 0 Å². The van der Waals surface area contributed by atoms with E-state index in [0.29, 0.717) is 22.6 Å². The van der Waals surface area contributed by atoms with Crippen LogP contribution in [-0.2, 0) is 0 Å². The van der Waals surface area contributed by atoms with Gasteiger partial charge in [0.15, 0.2) is 11.5 Å². The smallest absolute Gasteiger partial charge is 0.343 e. The first kappa shape index (κ1) is 19.0. The third-order valence-electron chi connectivity index (χ3n) is 3.87. The fourth-order valence-corrected chi connectivity index (χ4v) is 2.44. The number of ether oxygens (including phenoxy) is 4. The van der Waals surface area contributed by atoms with Gasteiger partial charge in [-0.05, 0) is 48.5 Å². The number of hydrogen-bond acceptors (Lipinski definition) is 6. The Bertz CT molecular complexity index is 915. The molecule has 6 heteroatoms. The van der Waals surface area contributed by atoms with Crippen LogP contribution in [-0.4, -0.2) is 26.2 Å². The van der Waals surface area contributed by atoms with E-state index in [-0.39, 0.29) is 11.5 Å². The van der Waals surface area contributed by atoms with Gasteiger partial charge in [-0.2, -0.15) is 0 Å². The molecule has 28 heavy (non-hydrogen) atoms. The normalized spacial score (nSPS) is 10.1. The summed E-state index contributed by atoms with van der Waals surface area (Å²) in [6.07, 6.45) is 0. The van der Waals surface area contributed by atoms with Crippen LogP contribution in [0.1, 0.15) is 20.7 Å². The molecule has 3 aromatic carbocycles. The molecule has 3 aromatic rings. The second-order valence-corrected chi connectivity index (χ2v) is 5.69. The number of benzene rings is 3. The number of carbonyl (C=O) groups excluding carboxylic acids is 2. The lowest BCUT2D eigenvalue weighted by Crippen LogP contribution is -2.12. The minimum absolute atomic E-state index is 0.131. The third kappa shape index (κ3) is 4.48. The number of para-hydroxylation sites is 2. The summed E-state index contributed by atoms with van der Waals surface area (Å²) in [6, 6.07) is 19.6. The van der Waals surface area contributed by atoms with Crippen LogP contribution in [0, 0.1) is 0 Å². The van der Waals surface area contributed by atoms with Gasteiger partial charge in [0.1, 0.15) is 11.5 Å². The van der Waals surface area contributed by atoms with E-state index in [1.165, 1.54) is 14.2 Å². The maximum atomic E-state index is 12.4. The first-order valence-corrected chi connectivity index (χ1v) is 8.42. The van der Waals surface area contributed by atoms with Gasteiger partial charge in [-0.15, -0.1) is 0 Å². The van der Waals surface area contributed by atoms with Gasteiger partial charge in [-0.25, -0.2) is 9.59 Å². The Morgan fingerprint density at radius 2 is 1.04 bits per heavy atom. The second-order valence-electron chi connectivity index (χ2n) is 5.69. The summed E-state index contributed by atoms with van der Waals surface area (Å²) >= 11 is 0. The molecule has 0 heterocycles. The Hall–Kier alpha value is -3.80. The lowest BCUT2D eigenvalue weighted by Gasteiger charge is -2.11. The fraction of sp³-hybridized carbons (Fsp3) is 0.0909. The van der Waals surface area contributed by atoms with Crippen LogP contribution < -0.4 is 18.9 Å². The van der Waals surface area contributed by atoms with Gasteiger partial charge in [-0.3, -0.25) is 0 Å². The van der Waals surface area contributed by atoms with E-state index in [2.05, 4.69) is 0 Å². The van der Waals surface area contributed by atoms with Crippen molar-refractivity contribution in [2.24, 2.45) is 0 Å². The average molecular weight is 378 g/mol. The Labute approximate surface area is 162 Å². The van der Waals surface area contributed by atoms with E-state index in [9.17, 15) is 9.59 Å². The topological polar surface area (TPSA) is 71.1 Å². The molecule has 0 N–H and O–H groups in total. The van der Waals surface area contributed by atoms with Crippen molar-refractivity contribution in [2.75, 3.05) is 14.2 Å².